The fourth-order valence-electron chi connectivity index (χ4n) is 7.11. The van der Waals surface area contributed by atoms with Crippen LogP contribution in [0.2, 0.25) is 0 Å². The van der Waals surface area contributed by atoms with Crippen molar-refractivity contribution in [3.05, 3.63) is 70.8 Å². The Morgan fingerprint density at radius 2 is 1.16 bits per heavy atom. The van der Waals surface area contributed by atoms with Crippen LogP contribution in [0.1, 0.15) is 126 Å². The summed E-state index contributed by atoms with van der Waals surface area (Å²) in [6.07, 6.45) is -1.66. The average Bonchev–Trinajstić information content (AvgIpc) is 3.26. The molecule has 0 fully saturated rings. The minimum absolute atomic E-state index is 0.0910. The summed E-state index contributed by atoms with van der Waals surface area (Å²) >= 11 is 0. The van der Waals surface area contributed by atoms with E-state index in [-0.39, 0.29) is 37.4 Å². The van der Waals surface area contributed by atoms with E-state index in [1.807, 2.05) is 13.8 Å². The Hall–Kier alpha value is -6.99. The maximum Gasteiger partial charge on any atom is 0.305 e. The lowest BCUT2D eigenvalue weighted by Gasteiger charge is -2.34. The van der Waals surface area contributed by atoms with Crippen molar-refractivity contribution in [2.24, 2.45) is 17.1 Å². The van der Waals surface area contributed by atoms with Crippen LogP contribution in [0.4, 0.5) is 0 Å². The van der Waals surface area contributed by atoms with Crippen LogP contribution in [0.25, 0.3) is 0 Å². The Kier molecular flexibility index (Phi) is 23.4. The van der Waals surface area contributed by atoms with E-state index in [0.29, 0.717) is 29.5 Å². The molecule has 378 valence electrons. The first-order valence-electron chi connectivity index (χ1n) is 23.0. The van der Waals surface area contributed by atoms with Gasteiger partial charge in [-0.3, -0.25) is 52.7 Å². The topological polar surface area (TPSA) is 326 Å². The summed E-state index contributed by atoms with van der Waals surface area (Å²) in [5.74, 6) is -11.2. The Labute approximate surface area is 402 Å². The van der Waals surface area contributed by atoms with Gasteiger partial charge in [-0.05, 0) is 55.6 Å². The van der Waals surface area contributed by atoms with Crippen LogP contribution in [0.3, 0.4) is 0 Å². The zero-order chi connectivity index (χ0) is 52.2. The van der Waals surface area contributed by atoms with Crippen molar-refractivity contribution in [1.82, 2.24) is 31.9 Å². The Balaban J connectivity index is 2.45. The van der Waals surface area contributed by atoms with E-state index in [4.69, 9.17) is 5.73 Å². The summed E-state index contributed by atoms with van der Waals surface area (Å²) in [4.78, 5) is 144. The van der Waals surface area contributed by atoms with Gasteiger partial charge >= 0.3 is 11.9 Å². The fraction of sp³-hybridized carbons (Fsp3) is 0.531. The van der Waals surface area contributed by atoms with Crippen LogP contribution in [0.15, 0.2) is 48.5 Å². The van der Waals surface area contributed by atoms with Crippen molar-refractivity contribution in [2.45, 2.75) is 156 Å². The number of primary amides is 1. The number of amides is 7. The van der Waals surface area contributed by atoms with Gasteiger partial charge in [-0.2, -0.15) is 0 Å². The predicted octanol–water partition coefficient (Wildman–Crippen LogP) is 2.09. The number of rotatable bonds is 29. The van der Waals surface area contributed by atoms with Gasteiger partial charge in [0.25, 0.3) is 5.91 Å². The van der Waals surface area contributed by atoms with E-state index >= 15 is 0 Å². The van der Waals surface area contributed by atoms with Crippen molar-refractivity contribution < 1.29 is 63.0 Å². The largest absolute Gasteiger partial charge is 0.481 e. The van der Waals surface area contributed by atoms with E-state index in [1.165, 1.54) is 0 Å². The van der Waals surface area contributed by atoms with E-state index in [1.54, 1.807) is 90.1 Å². The first-order chi connectivity index (χ1) is 32.2. The number of carbonyl (C=O) groups is 11. The van der Waals surface area contributed by atoms with Gasteiger partial charge in [-0.1, -0.05) is 108 Å². The average molecular weight is 964 g/mol. The van der Waals surface area contributed by atoms with E-state index in [2.05, 4.69) is 31.9 Å². The number of ketones is 2. The number of carboxylic acids is 2. The molecule has 0 aliphatic rings. The molecule has 7 amide bonds. The van der Waals surface area contributed by atoms with Crippen LogP contribution < -0.4 is 37.6 Å². The van der Waals surface area contributed by atoms with Gasteiger partial charge in [0.2, 0.25) is 41.2 Å². The number of nitrogens with one attached hydrogen (secondary N) is 6. The number of Topliss-reactive ketones (excluding diaryl/α,β-unsaturated/α-hetero) is 2. The van der Waals surface area contributed by atoms with Crippen LogP contribution in [0, 0.1) is 25.2 Å². The second-order valence-corrected chi connectivity index (χ2v) is 18.6. The number of hydrogen-bond acceptors (Lipinski definition) is 11. The van der Waals surface area contributed by atoms with Gasteiger partial charge in [0.05, 0.1) is 12.5 Å². The third-order valence-corrected chi connectivity index (χ3v) is 11.1. The smallest absolute Gasteiger partial charge is 0.305 e. The third-order valence-electron chi connectivity index (χ3n) is 11.1. The molecule has 0 radical (unpaired) electrons. The van der Waals surface area contributed by atoms with Crippen molar-refractivity contribution in [2.75, 3.05) is 0 Å². The normalized spacial score (nSPS) is 13.8. The van der Waals surface area contributed by atoms with E-state index in [9.17, 15) is 63.0 Å². The maximum atomic E-state index is 14.4. The molecule has 20 nitrogen and oxygen atoms in total. The number of carbonyl (C=O) groups excluding carboxylic acids is 9. The van der Waals surface area contributed by atoms with Gasteiger partial charge in [0, 0.05) is 31.2 Å². The second kappa shape index (κ2) is 27.7. The number of aliphatic carboxylic acids is 2. The second-order valence-electron chi connectivity index (χ2n) is 18.6. The van der Waals surface area contributed by atoms with Crippen LogP contribution >= 0.6 is 0 Å². The maximum absolute atomic E-state index is 14.4. The monoisotopic (exact) mass is 963 g/mol. The molecule has 2 aromatic rings. The molecule has 0 heterocycles. The Bertz CT molecular complexity index is 2190. The van der Waals surface area contributed by atoms with Crippen LogP contribution in [-0.4, -0.2) is 111 Å². The minimum Gasteiger partial charge on any atom is -0.481 e. The number of hydrogen-bond donors (Lipinski definition) is 9. The standard InChI is InChI=1S/C49H69N7O13/c1-9-10-15-32(41(63)43(50)64)52-45(66)34(24-27(2)3)55-48(69)42(49(6,7)8)56-47(68)35(25-31-14-12-11-13-29(31)5)54-44(65)33(20-23-39(59)60)53-46(67)36(26-40(61)62)51-38(58)22-21-37(57)30-18-16-28(4)17-19-30/h11-14,16-19,27,32-36,42H,9-10,15,20-26H2,1-8H3,(H2,50,64)(H,51,58)(H,52,66)(H,53,67)(H,54,65)(H,55,69)(H,56,68)(H,59,60)(H,61,62)/t32-,33-,34-,35-,36-,42+/m0/s1. The highest BCUT2D eigenvalue weighted by Gasteiger charge is 2.39. The molecular formula is C49H69N7O13. The zero-order valence-corrected chi connectivity index (χ0v) is 40.7. The lowest BCUT2D eigenvalue weighted by molar-refractivity contribution is -0.141. The summed E-state index contributed by atoms with van der Waals surface area (Å²) in [6, 6.07) is 4.71. The molecule has 0 aliphatic carbocycles. The molecule has 69 heavy (non-hydrogen) atoms. The highest BCUT2D eigenvalue weighted by atomic mass is 16.4. The fourth-order valence-corrected chi connectivity index (χ4v) is 7.11. The van der Waals surface area contributed by atoms with Gasteiger partial charge < -0.3 is 47.8 Å². The van der Waals surface area contributed by atoms with Crippen molar-refractivity contribution >= 4 is 64.9 Å². The van der Waals surface area contributed by atoms with E-state index in [0.717, 1.165) is 5.56 Å². The van der Waals surface area contributed by atoms with Crippen molar-refractivity contribution in [1.29, 1.82) is 0 Å². The summed E-state index contributed by atoms with van der Waals surface area (Å²) in [5.41, 5.74) is 6.76. The highest BCUT2D eigenvalue weighted by molar-refractivity contribution is 6.37. The zero-order valence-electron chi connectivity index (χ0n) is 40.7. The molecule has 0 aliphatic heterocycles. The van der Waals surface area contributed by atoms with Crippen molar-refractivity contribution in [3.63, 3.8) is 0 Å². The Morgan fingerprint density at radius 1 is 0.609 bits per heavy atom. The van der Waals surface area contributed by atoms with E-state index < -0.39 is 126 Å². The summed E-state index contributed by atoms with van der Waals surface area (Å²) in [5, 5.41) is 34.3. The molecular weight excluding hydrogens is 895 g/mol. The van der Waals surface area contributed by atoms with Crippen LogP contribution in [0.5, 0.6) is 0 Å². The summed E-state index contributed by atoms with van der Waals surface area (Å²) in [6.45, 7) is 14.0. The van der Waals surface area contributed by atoms with Crippen LogP contribution in [-0.2, 0) is 54.4 Å². The first-order valence-corrected chi connectivity index (χ1v) is 23.0. The number of nitrogens with two attached hydrogens (primary N) is 1. The molecule has 10 N–H and O–H groups in total. The molecule has 6 atom stereocenters. The van der Waals surface area contributed by atoms with Gasteiger partial charge in [0.15, 0.2) is 5.78 Å². The molecule has 2 aromatic carbocycles. The molecule has 0 saturated heterocycles. The SMILES string of the molecule is CCCC[C@H](NC(=O)[C@H](CC(C)C)NC(=O)[C@@H](NC(=O)[C@H](Cc1ccccc1C)NC(=O)[C@H](CCC(=O)O)NC(=O)[C@H](CC(=O)O)NC(=O)CCC(=O)c1ccc(C)cc1)C(C)(C)C)C(=O)C(N)=O. The summed E-state index contributed by atoms with van der Waals surface area (Å²) in [7, 11) is 0. The predicted molar refractivity (Wildman–Crippen MR) is 253 cm³/mol. The highest BCUT2D eigenvalue weighted by Crippen LogP contribution is 2.21. The molecule has 0 bridgehead atoms. The molecule has 0 unspecified atom stereocenters. The minimum atomic E-state index is -1.77. The molecule has 0 aromatic heterocycles. The summed E-state index contributed by atoms with van der Waals surface area (Å²) < 4.78 is 0. The van der Waals surface area contributed by atoms with Gasteiger partial charge in [-0.25, -0.2) is 0 Å². The quantitative estimate of drug-likeness (QED) is 0.0417. The number of benzene rings is 2. The molecule has 20 heteroatoms. The number of aryl methyl sites for hydroxylation is 2. The first kappa shape index (κ1) is 58.1. The Morgan fingerprint density at radius 3 is 1.71 bits per heavy atom. The molecule has 2 rings (SSSR count). The molecule has 0 saturated carbocycles. The van der Waals surface area contributed by atoms with Gasteiger partial charge in [-0.15, -0.1) is 0 Å². The number of carboxylic acid groups (broad SMARTS) is 2. The molecule has 0 spiro atoms. The third kappa shape index (κ3) is 20.4. The lowest BCUT2D eigenvalue weighted by Crippen LogP contribution is -2.62. The lowest BCUT2D eigenvalue weighted by atomic mass is 9.85. The van der Waals surface area contributed by atoms with Gasteiger partial charge in [0.1, 0.15) is 30.2 Å². The number of unbranched alkanes of at least 4 members (excludes halogenated alkanes) is 1. The van der Waals surface area contributed by atoms with Crippen molar-refractivity contribution in [3.8, 4) is 0 Å².